The number of hydrogen-bond donors (Lipinski definition) is 0. The molecule has 0 radical (unpaired) electrons. The Kier molecular flexibility index (Phi) is 46.7. The average molecular weight is 994 g/mol. The second-order valence-corrected chi connectivity index (χ2v) is 20.8. The van der Waals surface area contributed by atoms with Crippen molar-refractivity contribution in [3.05, 3.63) is 0 Å². The van der Waals surface area contributed by atoms with E-state index in [9.17, 15) is 24.0 Å². The summed E-state index contributed by atoms with van der Waals surface area (Å²) in [6.45, 7) is 14.0. The minimum atomic E-state index is -0.692. The van der Waals surface area contributed by atoms with Gasteiger partial charge in [-0.3, -0.25) is 24.0 Å². The molecule has 0 spiro atoms. The van der Waals surface area contributed by atoms with Crippen LogP contribution in [0.2, 0.25) is 0 Å². The number of nitrogens with zero attached hydrogens (tertiary/aromatic N) is 2. The molecule has 0 aromatic carbocycles. The molecule has 0 aliphatic rings. The summed E-state index contributed by atoms with van der Waals surface area (Å²) in [7, 11) is 3.95. The molecule has 0 N–H and O–H groups in total. The summed E-state index contributed by atoms with van der Waals surface area (Å²) < 4.78 is 23.4. The van der Waals surface area contributed by atoms with Gasteiger partial charge < -0.3 is 28.7 Å². The van der Waals surface area contributed by atoms with Gasteiger partial charge in [0, 0.05) is 32.2 Å². The Morgan fingerprint density at radius 1 is 0.357 bits per heavy atom. The van der Waals surface area contributed by atoms with E-state index in [1.54, 1.807) is 4.90 Å². The first-order valence-electron chi connectivity index (χ1n) is 29.6. The fraction of sp³-hybridized carbons (Fsp3) is 0.915. The fourth-order valence-corrected chi connectivity index (χ4v) is 9.43. The highest BCUT2D eigenvalue weighted by molar-refractivity contribution is 5.82. The lowest BCUT2D eigenvalue weighted by Crippen LogP contribution is -2.47. The SMILES string of the molecule is CCCCCCC(CCC)CCCCCCCCC(=O)OCC(COC(=O)CCCCCCC(=O)OC(CCC)CCCCCC)N(CCCN(C)C)C(=O)CCC(=O)OC(CCC)CCCCCC. The lowest BCUT2D eigenvalue weighted by atomic mass is 9.91. The second kappa shape index (κ2) is 48.6. The van der Waals surface area contributed by atoms with Gasteiger partial charge in [-0.1, -0.05) is 189 Å². The molecule has 0 aliphatic carbocycles. The second-order valence-electron chi connectivity index (χ2n) is 20.8. The van der Waals surface area contributed by atoms with Crippen molar-refractivity contribution in [2.75, 3.05) is 40.4 Å². The van der Waals surface area contributed by atoms with Gasteiger partial charge in [-0.15, -0.1) is 0 Å². The third-order valence-corrected chi connectivity index (χ3v) is 13.7. The maximum absolute atomic E-state index is 14.0. The van der Waals surface area contributed by atoms with Crippen LogP contribution in [0, 0.1) is 5.92 Å². The highest BCUT2D eigenvalue weighted by Crippen LogP contribution is 2.24. The van der Waals surface area contributed by atoms with Gasteiger partial charge in [0.15, 0.2) is 0 Å². The Bertz CT molecular complexity index is 1260. The number of carbonyl (C=O) groups excluding carboxylic acids is 5. The van der Waals surface area contributed by atoms with E-state index < -0.39 is 6.04 Å². The van der Waals surface area contributed by atoms with Crippen molar-refractivity contribution < 1.29 is 42.9 Å². The average Bonchev–Trinajstić information content (AvgIpc) is 3.33. The van der Waals surface area contributed by atoms with Crippen molar-refractivity contribution in [2.45, 2.75) is 304 Å². The first-order chi connectivity index (χ1) is 33.9. The van der Waals surface area contributed by atoms with Gasteiger partial charge in [-0.05, 0) is 90.8 Å². The van der Waals surface area contributed by atoms with Crippen molar-refractivity contribution >= 4 is 29.8 Å². The molecule has 0 aromatic rings. The highest BCUT2D eigenvalue weighted by atomic mass is 16.6. The van der Waals surface area contributed by atoms with Gasteiger partial charge >= 0.3 is 23.9 Å². The Balaban J connectivity index is 5.46. The number of unbranched alkanes of at least 4 members (excludes halogenated alkanes) is 17. The summed E-state index contributed by atoms with van der Waals surface area (Å²) in [4.78, 5) is 69.7. The van der Waals surface area contributed by atoms with Crippen molar-refractivity contribution in [1.29, 1.82) is 0 Å². The molecule has 0 saturated carbocycles. The molecule has 0 saturated heterocycles. The molecule has 70 heavy (non-hydrogen) atoms. The van der Waals surface area contributed by atoms with E-state index in [0.29, 0.717) is 38.6 Å². The molecule has 0 aromatic heterocycles. The lowest BCUT2D eigenvalue weighted by Gasteiger charge is -2.32. The maximum atomic E-state index is 14.0. The Morgan fingerprint density at radius 3 is 1.17 bits per heavy atom. The van der Waals surface area contributed by atoms with Gasteiger partial charge in [0.25, 0.3) is 0 Å². The summed E-state index contributed by atoms with van der Waals surface area (Å²) in [5, 5.41) is 0. The zero-order chi connectivity index (χ0) is 51.9. The molecule has 4 unspecified atom stereocenters. The molecule has 11 heteroatoms. The van der Waals surface area contributed by atoms with Gasteiger partial charge in [0.2, 0.25) is 5.91 Å². The summed E-state index contributed by atoms with van der Waals surface area (Å²) >= 11 is 0. The van der Waals surface area contributed by atoms with Crippen LogP contribution in [0.5, 0.6) is 0 Å². The van der Waals surface area contributed by atoms with E-state index in [4.69, 9.17) is 18.9 Å². The first kappa shape index (κ1) is 67.3. The van der Waals surface area contributed by atoms with Gasteiger partial charge in [-0.25, -0.2) is 0 Å². The predicted molar refractivity (Wildman–Crippen MR) is 289 cm³/mol. The minimum absolute atomic E-state index is 0.00307. The molecular weight excluding hydrogens is 881 g/mol. The van der Waals surface area contributed by atoms with E-state index in [-0.39, 0.29) is 74.5 Å². The Morgan fingerprint density at radius 2 is 0.743 bits per heavy atom. The third kappa shape index (κ3) is 40.9. The number of amides is 1. The van der Waals surface area contributed by atoms with Crippen LogP contribution in [0.4, 0.5) is 0 Å². The van der Waals surface area contributed by atoms with Crippen LogP contribution in [0.15, 0.2) is 0 Å². The molecule has 1 amide bonds. The van der Waals surface area contributed by atoms with Crippen LogP contribution >= 0.6 is 0 Å². The molecule has 0 fully saturated rings. The van der Waals surface area contributed by atoms with E-state index in [1.807, 2.05) is 19.0 Å². The largest absolute Gasteiger partial charge is 0.463 e. The van der Waals surface area contributed by atoms with Crippen molar-refractivity contribution in [3.63, 3.8) is 0 Å². The molecule has 4 atom stereocenters. The van der Waals surface area contributed by atoms with E-state index in [1.165, 1.54) is 89.9 Å². The fourth-order valence-electron chi connectivity index (χ4n) is 9.43. The Hall–Kier alpha value is -2.69. The van der Waals surface area contributed by atoms with E-state index >= 15 is 0 Å². The topological polar surface area (TPSA) is 129 Å². The molecule has 0 aliphatic heterocycles. The smallest absolute Gasteiger partial charge is 0.306 e. The van der Waals surface area contributed by atoms with Crippen LogP contribution in [0.1, 0.15) is 286 Å². The molecule has 0 bridgehead atoms. The molecule has 0 heterocycles. The third-order valence-electron chi connectivity index (χ3n) is 13.7. The summed E-state index contributed by atoms with van der Waals surface area (Å²) in [5.74, 6) is -0.593. The summed E-state index contributed by atoms with van der Waals surface area (Å²) in [6, 6.07) is -0.692. The summed E-state index contributed by atoms with van der Waals surface area (Å²) in [6.07, 6.45) is 35.9. The molecule has 0 rings (SSSR count). The lowest BCUT2D eigenvalue weighted by molar-refractivity contribution is -0.155. The first-order valence-corrected chi connectivity index (χ1v) is 29.6. The van der Waals surface area contributed by atoms with Crippen molar-refractivity contribution in [2.24, 2.45) is 5.92 Å². The minimum Gasteiger partial charge on any atom is -0.463 e. The number of esters is 4. The standard InChI is InChI=1S/C59H112N2O9/c1-9-15-18-27-38-51(35-12-4)39-28-23-21-22-24-31-42-56(63)67-49-52(50-68-57(64)43-32-25-26-33-44-58(65)69-53(36-13-5)40-29-19-16-10-2)61(48-34-47-60(7)8)55(62)45-46-59(66)70-54(37-14-6)41-30-20-17-11-3/h51-54H,9-50H2,1-8H3. The predicted octanol–water partition coefficient (Wildman–Crippen LogP) is 15.2. The van der Waals surface area contributed by atoms with Crippen LogP contribution in [-0.4, -0.2) is 98.2 Å². The van der Waals surface area contributed by atoms with E-state index in [2.05, 4.69) is 41.5 Å². The molecule has 412 valence electrons. The summed E-state index contributed by atoms with van der Waals surface area (Å²) in [5.41, 5.74) is 0. The van der Waals surface area contributed by atoms with Crippen LogP contribution < -0.4 is 0 Å². The number of rotatable bonds is 51. The molecule has 11 nitrogen and oxygen atoms in total. The van der Waals surface area contributed by atoms with E-state index in [0.717, 1.165) is 115 Å². The zero-order valence-electron chi connectivity index (χ0n) is 47.1. The van der Waals surface area contributed by atoms with Gasteiger partial charge in [0.05, 0.1) is 12.5 Å². The maximum Gasteiger partial charge on any atom is 0.306 e. The van der Waals surface area contributed by atoms with Gasteiger partial charge in [-0.2, -0.15) is 0 Å². The monoisotopic (exact) mass is 993 g/mol. The van der Waals surface area contributed by atoms with Crippen molar-refractivity contribution in [1.82, 2.24) is 9.80 Å². The van der Waals surface area contributed by atoms with Gasteiger partial charge in [0.1, 0.15) is 25.4 Å². The Labute approximate surface area is 431 Å². The zero-order valence-corrected chi connectivity index (χ0v) is 47.1. The number of carbonyl (C=O) groups is 5. The van der Waals surface area contributed by atoms with Crippen molar-refractivity contribution in [3.8, 4) is 0 Å². The molecular formula is C59H112N2O9. The van der Waals surface area contributed by atoms with Crippen LogP contribution in [-0.2, 0) is 42.9 Å². The normalized spacial score (nSPS) is 13.2. The number of hydrogen-bond acceptors (Lipinski definition) is 10. The number of ether oxygens (including phenoxy) is 4. The van der Waals surface area contributed by atoms with Crippen LogP contribution in [0.25, 0.3) is 0 Å². The van der Waals surface area contributed by atoms with Crippen LogP contribution in [0.3, 0.4) is 0 Å². The highest BCUT2D eigenvalue weighted by Gasteiger charge is 2.28. The quantitative estimate of drug-likeness (QED) is 0.0330.